The summed E-state index contributed by atoms with van der Waals surface area (Å²) in [7, 11) is 0. The van der Waals surface area contributed by atoms with Crippen LogP contribution in [0.4, 0.5) is 9.18 Å². The van der Waals surface area contributed by atoms with Gasteiger partial charge in [0.2, 0.25) is 0 Å². The van der Waals surface area contributed by atoms with Crippen molar-refractivity contribution in [3.8, 4) is 11.1 Å². The van der Waals surface area contributed by atoms with Crippen LogP contribution >= 0.6 is 0 Å². The summed E-state index contributed by atoms with van der Waals surface area (Å²) in [4.78, 5) is 25.9. The van der Waals surface area contributed by atoms with Crippen molar-refractivity contribution in [2.75, 3.05) is 0 Å². The molecule has 0 spiro atoms. The smallest absolute Gasteiger partial charge is 0.303 e. The normalized spacial score (nSPS) is 15.2. The molecule has 0 bridgehead atoms. The van der Waals surface area contributed by atoms with E-state index in [-0.39, 0.29) is 18.1 Å². The maximum absolute atomic E-state index is 13.0. The molecule has 0 radical (unpaired) electrons. The van der Waals surface area contributed by atoms with E-state index in [1.165, 1.54) is 12.1 Å². The molecule has 1 N–H and O–H groups in total. The number of nitrogens with zero attached hydrogens (tertiary/aromatic N) is 1. The Morgan fingerprint density at radius 3 is 2.14 bits per heavy atom. The molecule has 3 amide bonds. The largest absolute Gasteiger partial charge is 0.329 e. The first-order valence-corrected chi connectivity index (χ1v) is 8.84. The lowest BCUT2D eigenvalue weighted by atomic mass is 10.0. The summed E-state index contributed by atoms with van der Waals surface area (Å²) in [5, 5.41) is 2.60. The SMILES string of the molecule is O=C1N/C(=C\c2ccc(-c3ccccc3)cc2)C(=O)N1Cc1ccc(F)cc1. The molecule has 0 saturated carbocycles. The molecule has 0 aromatic heterocycles. The molecule has 4 rings (SSSR count). The minimum Gasteiger partial charge on any atom is -0.303 e. The standard InChI is InChI=1S/C23H17FN2O2/c24-20-12-8-17(9-13-20)15-26-22(27)21(25-23(26)28)14-16-6-10-19(11-7-16)18-4-2-1-3-5-18/h1-14H,15H2,(H,25,28)/b21-14-. The Morgan fingerprint density at radius 1 is 0.821 bits per heavy atom. The molecule has 138 valence electrons. The number of halogens is 1. The third kappa shape index (κ3) is 3.69. The molecule has 3 aromatic carbocycles. The van der Waals surface area contributed by atoms with Crippen molar-refractivity contribution < 1.29 is 14.0 Å². The van der Waals surface area contributed by atoms with Gasteiger partial charge < -0.3 is 5.32 Å². The summed E-state index contributed by atoms with van der Waals surface area (Å²) >= 11 is 0. The molecule has 5 heteroatoms. The lowest BCUT2D eigenvalue weighted by molar-refractivity contribution is -0.123. The molecule has 28 heavy (non-hydrogen) atoms. The van der Waals surface area contributed by atoms with Crippen LogP contribution in [-0.4, -0.2) is 16.8 Å². The van der Waals surface area contributed by atoms with Gasteiger partial charge in [0.25, 0.3) is 5.91 Å². The topological polar surface area (TPSA) is 49.4 Å². The first-order valence-electron chi connectivity index (χ1n) is 8.84. The summed E-state index contributed by atoms with van der Waals surface area (Å²) in [6.07, 6.45) is 1.65. The van der Waals surface area contributed by atoms with E-state index in [1.807, 2.05) is 54.6 Å². The molecule has 4 nitrogen and oxygen atoms in total. The number of imide groups is 1. The fraction of sp³-hybridized carbons (Fsp3) is 0.0435. The van der Waals surface area contributed by atoms with Gasteiger partial charge in [0.05, 0.1) is 6.54 Å². The van der Waals surface area contributed by atoms with Crippen LogP contribution in [0.15, 0.2) is 84.6 Å². The molecular weight excluding hydrogens is 355 g/mol. The van der Waals surface area contributed by atoms with Gasteiger partial charge in [-0.3, -0.25) is 9.69 Å². The van der Waals surface area contributed by atoms with Gasteiger partial charge in [-0.1, -0.05) is 66.7 Å². The molecular formula is C23H17FN2O2. The van der Waals surface area contributed by atoms with Crippen LogP contribution in [0.3, 0.4) is 0 Å². The molecule has 1 fully saturated rings. The number of urea groups is 1. The van der Waals surface area contributed by atoms with Gasteiger partial charge in [0.1, 0.15) is 11.5 Å². The maximum Gasteiger partial charge on any atom is 0.329 e. The summed E-state index contributed by atoms with van der Waals surface area (Å²) in [5.74, 6) is -0.762. The number of amides is 3. The van der Waals surface area contributed by atoms with Gasteiger partial charge in [-0.05, 0) is 40.5 Å². The van der Waals surface area contributed by atoms with Crippen molar-refractivity contribution >= 4 is 18.0 Å². The number of rotatable bonds is 4. The Labute approximate surface area is 161 Å². The molecule has 0 atom stereocenters. The monoisotopic (exact) mass is 372 g/mol. The number of carbonyl (C=O) groups excluding carboxylic acids is 2. The van der Waals surface area contributed by atoms with Gasteiger partial charge in [-0.25, -0.2) is 9.18 Å². The van der Waals surface area contributed by atoms with Crippen molar-refractivity contribution in [2.45, 2.75) is 6.54 Å². The Hall–Kier alpha value is -3.73. The Kier molecular flexibility index (Phi) is 4.72. The highest BCUT2D eigenvalue weighted by molar-refractivity contribution is 6.13. The molecule has 1 aliphatic heterocycles. The van der Waals surface area contributed by atoms with Crippen molar-refractivity contribution in [2.24, 2.45) is 0 Å². The number of hydrogen-bond acceptors (Lipinski definition) is 2. The van der Waals surface area contributed by atoms with Gasteiger partial charge in [0, 0.05) is 0 Å². The molecule has 0 aliphatic carbocycles. The number of nitrogens with one attached hydrogen (secondary N) is 1. The second-order valence-corrected chi connectivity index (χ2v) is 6.49. The van der Waals surface area contributed by atoms with Gasteiger partial charge in [0.15, 0.2) is 0 Å². The minimum atomic E-state index is -0.485. The zero-order chi connectivity index (χ0) is 19.5. The van der Waals surface area contributed by atoms with Crippen molar-refractivity contribution in [1.29, 1.82) is 0 Å². The quantitative estimate of drug-likeness (QED) is 0.538. The predicted octanol–water partition coefficient (Wildman–Crippen LogP) is 4.59. The van der Waals surface area contributed by atoms with Crippen LogP contribution in [0.2, 0.25) is 0 Å². The second-order valence-electron chi connectivity index (χ2n) is 6.49. The van der Waals surface area contributed by atoms with Crippen LogP contribution in [0.25, 0.3) is 17.2 Å². The fourth-order valence-corrected chi connectivity index (χ4v) is 3.06. The van der Waals surface area contributed by atoms with Crippen LogP contribution in [0, 0.1) is 5.82 Å². The van der Waals surface area contributed by atoms with Gasteiger partial charge in [-0.2, -0.15) is 0 Å². The average Bonchev–Trinajstić information content (AvgIpc) is 2.98. The molecule has 1 aliphatic rings. The summed E-state index contributed by atoms with van der Waals surface area (Å²) in [6, 6.07) is 23.0. The van der Waals surface area contributed by atoms with Crippen LogP contribution < -0.4 is 5.32 Å². The van der Waals surface area contributed by atoms with Crippen molar-refractivity contribution in [1.82, 2.24) is 10.2 Å². The molecule has 1 heterocycles. The first-order chi connectivity index (χ1) is 13.6. The molecule has 0 unspecified atom stereocenters. The van der Waals surface area contributed by atoms with E-state index in [2.05, 4.69) is 5.32 Å². The third-order valence-corrected chi connectivity index (χ3v) is 4.55. The fourth-order valence-electron chi connectivity index (χ4n) is 3.06. The number of hydrogen-bond donors (Lipinski definition) is 1. The van der Waals surface area contributed by atoms with E-state index in [1.54, 1.807) is 18.2 Å². The van der Waals surface area contributed by atoms with Crippen LogP contribution in [0.5, 0.6) is 0 Å². The zero-order valence-electron chi connectivity index (χ0n) is 14.9. The van der Waals surface area contributed by atoms with E-state index >= 15 is 0 Å². The average molecular weight is 372 g/mol. The highest BCUT2D eigenvalue weighted by Crippen LogP contribution is 2.21. The van der Waals surface area contributed by atoms with E-state index < -0.39 is 11.9 Å². The highest BCUT2D eigenvalue weighted by Gasteiger charge is 2.33. The maximum atomic E-state index is 13.0. The number of benzene rings is 3. The van der Waals surface area contributed by atoms with E-state index in [9.17, 15) is 14.0 Å². The first kappa shape index (κ1) is 17.7. The van der Waals surface area contributed by atoms with Crippen molar-refractivity contribution in [3.05, 3.63) is 102 Å². The lowest BCUT2D eigenvalue weighted by Crippen LogP contribution is -2.30. The minimum absolute atomic E-state index is 0.0925. The lowest BCUT2D eigenvalue weighted by Gasteiger charge is -2.11. The van der Waals surface area contributed by atoms with E-state index in [0.717, 1.165) is 21.6 Å². The third-order valence-electron chi connectivity index (χ3n) is 4.55. The highest BCUT2D eigenvalue weighted by atomic mass is 19.1. The summed E-state index contributed by atoms with van der Waals surface area (Å²) in [6.45, 7) is 0.0925. The second kappa shape index (κ2) is 7.48. The van der Waals surface area contributed by atoms with Crippen molar-refractivity contribution in [3.63, 3.8) is 0 Å². The van der Waals surface area contributed by atoms with Crippen LogP contribution in [-0.2, 0) is 11.3 Å². The predicted molar refractivity (Wildman–Crippen MR) is 105 cm³/mol. The zero-order valence-corrected chi connectivity index (χ0v) is 14.9. The van der Waals surface area contributed by atoms with E-state index in [0.29, 0.717) is 5.56 Å². The Bertz CT molecular complexity index is 1040. The van der Waals surface area contributed by atoms with Gasteiger partial charge in [-0.15, -0.1) is 0 Å². The number of carbonyl (C=O) groups is 2. The Morgan fingerprint density at radius 2 is 1.46 bits per heavy atom. The Balaban J connectivity index is 1.51. The molecule has 3 aromatic rings. The van der Waals surface area contributed by atoms with E-state index in [4.69, 9.17) is 0 Å². The summed E-state index contributed by atoms with van der Waals surface area (Å²) in [5.41, 5.74) is 3.89. The van der Waals surface area contributed by atoms with Gasteiger partial charge >= 0.3 is 6.03 Å². The van der Waals surface area contributed by atoms with Crippen LogP contribution in [0.1, 0.15) is 11.1 Å². The molecule has 1 saturated heterocycles. The summed E-state index contributed by atoms with van der Waals surface area (Å²) < 4.78 is 13.0.